The normalized spacial score (nSPS) is 17.3. The SMILES string of the molecule is O=C1CS/C(=N/N=C/c2cccc([N+](=O)[O-])c2)N1. The third-order valence-corrected chi connectivity index (χ3v) is 2.89. The summed E-state index contributed by atoms with van der Waals surface area (Å²) < 4.78 is 0. The smallest absolute Gasteiger partial charge is 0.270 e. The molecular formula is C10H8N4O3S. The fourth-order valence-corrected chi connectivity index (χ4v) is 1.88. The minimum absolute atomic E-state index is 0.00449. The van der Waals surface area contributed by atoms with Crippen molar-refractivity contribution in [2.24, 2.45) is 10.2 Å². The number of thioether (sulfide) groups is 1. The highest BCUT2D eigenvalue weighted by atomic mass is 32.2. The third-order valence-electron chi connectivity index (χ3n) is 2.02. The van der Waals surface area contributed by atoms with E-state index in [1.54, 1.807) is 12.1 Å². The number of rotatable bonds is 3. The molecule has 0 bridgehead atoms. The van der Waals surface area contributed by atoms with E-state index in [9.17, 15) is 14.9 Å². The van der Waals surface area contributed by atoms with Gasteiger partial charge in [0.15, 0.2) is 5.17 Å². The molecule has 1 aromatic carbocycles. The van der Waals surface area contributed by atoms with E-state index in [0.29, 0.717) is 16.5 Å². The second-order valence-corrected chi connectivity index (χ2v) is 4.30. The first kappa shape index (κ1) is 12.2. The lowest BCUT2D eigenvalue weighted by atomic mass is 10.2. The summed E-state index contributed by atoms with van der Waals surface area (Å²) in [5, 5.41) is 21.1. The van der Waals surface area contributed by atoms with Crippen molar-refractivity contribution in [3.8, 4) is 0 Å². The molecule has 18 heavy (non-hydrogen) atoms. The summed E-state index contributed by atoms with van der Waals surface area (Å²) in [5.74, 6) is 0.231. The van der Waals surface area contributed by atoms with E-state index in [4.69, 9.17) is 0 Å². The fraction of sp³-hybridized carbons (Fsp3) is 0.100. The second kappa shape index (κ2) is 5.41. The Morgan fingerprint density at radius 1 is 1.50 bits per heavy atom. The molecule has 0 saturated carbocycles. The number of amidine groups is 1. The Hall–Kier alpha value is -2.22. The highest BCUT2D eigenvalue weighted by molar-refractivity contribution is 8.15. The summed E-state index contributed by atoms with van der Waals surface area (Å²) >= 11 is 1.26. The van der Waals surface area contributed by atoms with Gasteiger partial charge in [-0.15, -0.1) is 5.10 Å². The molecule has 0 atom stereocenters. The maximum Gasteiger partial charge on any atom is 0.270 e. The first-order chi connectivity index (χ1) is 8.65. The van der Waals surface area contributed by atoms with Crippen LogP contribution in [0.1, 0.15) is 5.56 Å². The average molecular weight is 264 g/mol. The van der Waals surface area contributed by atoms with Gasteiger partial charge in [-0.2, -0.15) is 5.10 Å². The number of carbonyl (C=O) groups is 1. The van der Waals surface area contributed by atoms with Gasteiger partial charge in [0.25, 0.3) is 5.69 Å². The number of nitro benzene ring substituents is 1. The largest absolute Gasteiger partial charge is 0.303 e. The molecule has 1 amide bonds. The van der Waals surface area contributed by atoms with Gasteiger partial charge in [0, 0.05) is 17.7 Å². The lowest BCUT2D eigenvalue weighted by Crippen LogP contribution is -2.19. The van der Waals surface area contributed by atoms with Crippen LogP contribution in [0.15, 0.2) is 34.5 Å². The number of benzene rings is 1. The van der Waals surface area contributed by atoms with E-state index in [0.717, 1.165) is 0 Å². The molecule has 92 valence electrons. The Morgan fingerprint density at radius 3 is 3.00 bits per heavy atom. The summed E-state index contributed by atoms with van der Waals surface area (Å²) in [7, 11) is 0. The number of hydrogen-bond donors (Lipinski definition) is 1. The molecular weight excluding hydrogens is 256 g/mol. The monoisotopic (exact) mass is 264 g/mol. The Labute approximate surface area is 106 Å². The van der Waals surface area contributed by atoms with Gasteiger partial charge in [0.1, 0.15) is 0 Å². The van der Waals surface area contributed by atoms with Crippen LogP contribution in [0.3, 0.4) is 0 Å². The van der Waals surface area contributed by atoms with Crippen LogP contribution >= 0.6 is 11.8 Å². The van der Waals surface area contributed by atoms with Crippen molar-refractivity contribution in [1.29, 1.82) is 0 Å². The molecule has 0 aliphatic carbocycles. The number of non-ortho nitro benzene ring substituents is 1. The molecule has 1 aliphatic rings. The van der Waals surface area contributed by atoms with Crippen molar-refractivity contribution < 1.29 is 9.72 Å². The van der Waals surface area contributed by atoms with E-state index in [1.165, 1.54) is 30.1 Å². The minimum Gasteiger partial charge on any atom is -0.303 e. The van der Waals surface area contributed by atoms with Gasteiger partial charge in [-0.3, -0.25) is 14.9 Å². The highest BCUT2D eigenvalue weighted by Crippen LogP contribution is 2.12. The van der Waals surface area contributed by atoms with Gasteiger partial charge in [-0.1, -0.05) is 23.9 Å². The lowest BCUT2D eigenvalue weighted by molar-refractivity contribution is -0.384. The zero-order valence-electron chi connectivity index (χ0n) is 9.07. The summed E-state index contributed by atoms with van der Waals surface area (Å²) in [4.78, 5) is 20.9. The Kier molecular flexibility index (Phi) is 3.68. The Balaban J connectivity index is 2.07. The standard InChI is InChI=1S/C10H8N4O3S/c15-9-6-18-10(12-9)13-11-5-7-2-1-3-8(4-7)14(16)17/h1-5H,6H2,(H,12,13,15)/b11-5+. The van der Waals surface area contributed by atoms with Crippen LogP contribution in [0.25, 0.3) is 0 Å². The number of nitrogens with zero attached hydrogens (tertiary/aromatic N) is 3. The van der Waals surface area contributed by atoms with E-state index in [2.05, 4.69) is 15.5 Å². The van der Waals surface area contributed by atoms with E-state index >= 15 is 0 Å². The summed E-state index contributed by atoms with van der Waals surface area (Å²) in [6.07, 6.45) is 1.39. The number of nitrogens with one attached hydrogen (secondary N) is 1. The molecule has 1 aliphatic heterocycles. The van der Waals surface area contributed by atoms with E-state index in [-0.39, 0.29) is 11.6 Å². The van der Waals surface area contributed by atoms with Crippen molar-refractivity contribution in [3.63, 3.8) is 0 Å². The zero-order valence-corrected chi connectivity index (χ0v) is 9.88. The van der Waals surface area contributed by atoms with E-state index in [1.807, 2.05) is 0 Å². The van der Waals surface area contributed by atoms with Crippen LogP contribution in [0, 0.1) is 10.1 Å². The predicted molar refractivity (Wildman–Crippen MR) is 68.7 cm³/mol. The van der Waals surface area contributed by atoms with Gasteiger partial charge in [0.05, 0.1) is 16.9 Å². The third kappa shape index (κ3) is 3.14. The predicted octanol–water partition coefficient (Wildman–Crippen LogP) is 1.15. The molecule has 1 heterocycles. The van der Waals surface area contributed by atoms with Crippen molar-refractivity contribution >= 4 is 34.7 Å². The fourth-order valence-electron chi connectivity index (χ4n) is 1.25. The molecule has 0 aromatic heterocycles. The van der Waals surface area contributed by atoms with Crippen molar-refractivity contribution in [3.05, 3.63) is 39.9 Å². The zero-order chi connectivity index (χ0) is 13.0. The van der Waals surface area contributed by atoms with Crippen LogP contribution in [0.4, 0.5) is 5.69 Å². The number of hydrogen-bond acceptors (Lipinski definition) is 6. The lowest BCUT2D eigenvalue weighted by Gasteiger charge is -1.93. The Morgan fingerprint density at radius 2 is 2.33 bits per heavy atom. The van der Waals surface area contributed by atoms with Gasteiger partial charge >= 0.3 is 0 Å². The first-order valence-electron chi connectivity index (χ1n) is 4.93. The summed E-state index contributed by atoms with van der Waals surface area (Å²) in [5.41, 5.74) is 0.568. The molecule has 7 nitrogen and oxygen atoms in total. The molecule has 2 rings (SSSR count). The molecule has 1 N–H and O–H groups in total. The summed E-state index contributed by atoms with van der Waals surface area (Å²) in [6, 6.07) is 6.04. The molecule has 8 heteroatoms. The Bertz CT molecular complexity index is 556. The van der Waals surface area contributed by atoms with Crippen molar-refractivity contribution in [2.45, 2.75) is 0 Å². The van der Waals surface area contributed by atoms with Gasteiger partial charge in [-0.25, -0.2) is 0 Å². The number of nitro groups is 1. The topological polar surface area (TPSA) is 97.0 Å². The quantitative estimate of drug-likeness (QED) is 0.503. The summed E-state index contributed by atoms with van der Waals surface area (Å²) in [6.45, 7) is 0. The van der Waals surface area contributed by atoms with Crippen molar-refractivity contribution in [2.75, 3.05) is 5.75 Å². The highest BCUT2D eigenvalue weighted by Gasteiger charge is 2.15. The maximum absolute atomic E-state index is 10.9. The molecule has 1 saturated heterocycles. The number of carbonyl (C=O) groups excluding carboxylic acids is 1. The molecule has 0 spiro atoms. The average Bonchev–Trinajstić information content (AvgIpc) is 2.75. The molecule has 1 aromatic rings. The van der Waals surface area contributed by atoms with E-state index < -0.39 is 4.92 Å². The van der Waals surface area contributed by atoms with Crippen LogP contribution in [-0.4, -0.2) is 28.0 Å². The van der Waals surface area contributed by atoms with Gasteiger partial charge in [0.2, 0.25) is 5.91 Å². The number of amides is 1. The van der Waals surface area contributed by atoms with Crippen LogP contribution in [0.2, 0.25) is 0 Å². The first-order valence-corrected chi connectivity index (χ1v) is 5.92. The molecule has 1 fully saturated rings. The molecule has 0 unspecified atom stereocenters. The van der Waals surface area contributed by atoms with Crippen LogP contribution < -0.4 is 5.32 Å². The maximum atomic E-state index is 10.9. The van der Waals surface area contributed by atoms with Gasteiger partial charge in [-0.05, 0) is 0 Å². The minimum atomic E-state index is -0.476. The van der Waals surface area contributed by atoms with Crippen LogP contribution in [0.5, 0.6) is 0 Å². The van der Waals surface area contributed by atoms with Crippen LogP contribution in [-0.2, 0) is 4.79 Å². The van der Waals surface area contributed by atoms with Crippen molar-refractivity contribution in [1.82, 2.24) is 5.32 Å². The molecule has 0 radical (unpaired) electrons. The van der Waals surface area contributed by atoms with Gasteiger partial charge < -0.3 is 5.32 Å². The second-order valence-electron chi connectivity index (χ2n) is 3.34.